The van der Waals surface area contributed by atoms with Gasteiger partial charge in [-0.3, -0.25) is 4.79 Å². The number of benzene rings is 2. The number of halogens is 2. The van der Waals surface area contributed by atoms with Crippen LogP contribution in [-0.2, 0) is 0 Å². The maximum Gasteiger partial charge on any atom is 0.200 e. The van der Waals surface area contributed by atoms with Crippen LogP contribution in [0.1, 0.15) is 41.9 Å². The summed E-state index contributed by atoms with van der Waals surface area (Å²) < 4.78 is 21.5. The van der Waals surface area contributed by atoms with Crippen molar-refractivity contribution < 1.29 is 13.6 Å². The van der Waals surface area contributed by atoms with Gasteiger partial charge in [0.25, 0.3) is 0 Å². The topological polar surface area (TPSA) is 72.1 Å². The molecular formula is C24H20ClFN4O2. The number of rotatable bonds is 4. The molecule has 162 valence electrons. The summed E-state index contributed by atoms with van der Waals surface area (Å²) in [6.45, 7) is 2.58. The highest BCUT2D eigenvalue weighted by atomic mass is 35.5. The van der Waals surface area contributed by atoms with Gasteiger partial charge in [-0.15, -0.1) is 0 Å². The molecule has 32 heavy (non-hydrogen) atoms. The highest BCUT2D eigenvalue weighted by Crippen LogP contribution is 2.37. The van der Waals surface area contributed by atoms with Gasteiger partial charge in [-0.2, -0.15) is 0 Å². The molecule has 0 bridgehead atoms. The number of hydrogen-bond acceptors (Lipinski definition) is 6. The van der Waals surface area contributed by atoms with E-state index in [-0.39, 0.29) is 17.5 Å². The van der Waals surface area contributed by atoms with Crippen LogP contribution in [0.4, 0.5) is 10.1 Å². The Labute approximate surface area is 189 Å². The summed E-state index contributed by atoms with van der Waals surface area (Å²) in [5.74, 6) is 0.356. The summed E-state index contributed by atoms with van der Waals surface area (Å²) >= 11 is 6.07. The van der Waals surface area contributed by atoms with Crippen LogP contribution in [0.3, 0.4) is 0 Å². The minimum atomic E-state index is -0.568. The standard InChI is InChI=1S/C24H20ClFN4O2/c1-14-3-4-15(24-29-19-11-16(25)5-8-21(19)32-24)12-30(14)20-7-6-17(18(13-31)22(20)26)23-27-9-2-10-28-23/h2,5-11,13-15H,3-4,12H2,1H3/t14-,15-/m1/s1. The summed E-state index contributed by atoms with van der Waals surface area (Å²) in [7, 11) is 0. The molecule has 0 amide bonds. The van der Waals surface area contributed by atoms with Gasteiger partial charge in [-0.05, 0) is 56.2 Å². The molecule has 1 aliphatic rings. The molecule has 2 aromatic carbocycles. The van der Waals surface area contributed by atoms with Gasteiger partial charge in [0, 0.05) is 35.6 Å². The fourth-order valence-electron chi connectivity index (χ4n) is 4.29. The van der Waals surface area contributed by atoms with Crippen molar-refractivity contribution in [2.45, 2.75) is 31.7 Å². The lowest BCUT2D eigenvalue weighted by molar-refractivity contribution is 0.112. The van der Waals surface area contributed by atoms with Crippen LogP contribution in [0.15, 0.2) is 53.2 Å². The molecule has 1 saturated heterocycles. The molecule has 0 unspecified atom stereocenters. The molecule has 0 N–H and O–H groups in total. The second kappa shape index (κ2) is 8.31. The van der Waals surface area contributed by atoms with Gasteiger partial charge in [0.05, 0.1) is 17.2 Å². The van der Waals surface area contributed by atoms with E-state index >= 15 is 4.39 Å². The normalized spacial score (nSPS) is 18.8. The molecule has 8 heteroatoms. The van der Waals surface area contributed by atoms with Crippen molar-refractivity contribution in [2.75, 3.05) is 11.4 Å². The molecule has 1 fully saturated rings. The van der Waals surface area contributed by atoms with E-state index in [1.54, 1.807) is 48.8 Å². The molecule has 1 aliphatic heterocycles. The fraction of sp³-hybridized carbons (Fsp3) is 0.250. The van der Waals surface area contributed by atoms with Gasteiger partial charge < -0.3 is 9.32 Å². The highest BCUT2D eigenvalue weighted by Gasteiger charge is 2.32. The third kappa shape index (κ3) is 3.62. The Hall–Kier alpha value is -3.32. The van der Waals surface area contributed by atoms with Crippen LogP contribution in [0.25, 0.3) is 22.5 Å². The maximum absolute atomic E-state index is 15.5. The SMILES string of the molecule is C[C@@H]1CC[C@@H](c2nc3cc(Cl)ccc3o2)CN1c1ccc(-c2ncccn2)c(C=O)c1F. The number of anilines is 1. The zero-order chi connectivity index (χ0) is 22.2. The van der Waals surface area contributed by atoms with Gasteiger partial charge in [0.15, 0.2) is 29.4 Å². The van der Waals surface area contributed by atoms with Crippen molar-refractivity contribution in [3.8, 4) is 11.4 Å². The van der Waals surface area contributed by atoms with Crippen molar-refractivity contribution in [2.24, 2.45) is 0 Å². The van der Waals surface area contributed by atoms with Crippen molar-refractivity contribution in [1.82, 2.24) is 15.0 Å². The summed E-state index contributed by atoms with van der Waals surface area (Å²) in [4.78, 5) is 26.7. The van der Waals surface area contributed by atoms with Gasteiger partial charge in [-0.1, -0.05) is 11.6 Å². The predicted octanol–water partition coefficient (Wildman–Crippen LogP) is 5.66. The summed E-state index contributed by atoms with van der Waals surface area (Å²) in [6, 6.07) is 10.5. The Balaban J connectivity index is 1.49. The molecule has 2 atom stereocenters. The number of carbonyl (C=O) groups excluding carboxylic acids is 1. The van der Waals surface area contributed by atoms with E-state index in [2.05, 4.69) is 21.9 Å². The molecular weight excluding hydrogens is 431 g/mol. The Kier molecular flexibility index (Phi) is 5.35. The van der Waals surface area contributed by atoms with E-state index in [0.717, 1.165) is 12.8 Å². The number of hydrogen-bond donors (Lipinski definition) is 0. The molecule has 0 aliphatic carbocycles. The number of nitrogens with zero attached hydrogens (tertiary/aromatic N) is 4. The van der Waals surface area contributed by atoms with Crippen LogP contribution in [0.2, 0.25) is 5.02 Å². The van der Waals surface area contributed by atoms with Crippen molar-refractivity contribution in [3.63, 3.8) is 0 Å². The summed E-state index contributed by atoms with van der Waals surface area (Å²) in [5, 5.41) is 0.599. The first-order chi connectivity index (χ1) is 15.5. The number of oxazole rings is 1. The van der Waals surface area contributed by atoms with Crippen LogP contribution in [0.5, 0.6) is 0 Å². The van der Waals surface area contributed by atoms with Crippen LogP contribution >= 0.6 is 11.6 Å². The molecule has 0 spiro atoms. The monoisotopic (exact) mass is 450 g/mol. The van der Waals surface area contributed by atoms with Crippen LogP contribution in [0, 0.1) is 5.82 Å². The van der Waals surface area contributed by atoms with Gasteiger partial charge >= 0.3 is 0 Å². The molecule has 5 rings (SSSR count). The number of carbonyl (C=O) groups is 1. The lowest BCUT2D eigenvalue weighted by Gasteiger charge is -2.39. The minimum Gasteiger partial charge on any atom is -0.440 e. The largest absolute Gasteiger partial charge is 0.440 e. The Morgan fingerprint density at radius 1 is 1.19 bits per heavy atom. The van der Waals surface area contributed by atoms with Crippen molar-refractivity contribution in [1.29, 1.82) is 0 Å². The Morgan fingerprint density at radius 2 is 2.00 bits per heavy atom. The second-order valence-electron chi connectivity index (χ2n) is 7.99. The maximum atomic E-state index is 15.5. The second-order valence-corrected chi connectivity index (χ2v) is 8.43. The minimum absolute atomic E-state index is 0.00594. The van der Waals surface area contributed by atoms with Crippen molar-refractivity contribution >= 4 is 34.7 Å². The zero-order valence-electron chi connectivity index (χ0n) is 17.3. The van der Waals surface area contributed by atoms with E-state index in [4.69, 9.17) is 16.0 Å². The smallest absolute Gasteiger partial charge is 0.200 e. The summed E-state index contributed by atoms with van der Waals surface area (Å²) in [6.07, 6.45) is 5.36. The number of aldehydes is 1. The average Bonchev–Trinajstić information content (AvgIpc) is 3.23. The molecule has 4 aromatic rings. The van der Waals surface area contributed by atoms with E-state index in [1.807, 2.05) is 4.90 Å². The molecule has 0 radical (unpaired) electrons. The summed E-state index contributed by atoms with van der Waals surface area (Å²) in [5.41, 5.74) is 2.09. The third-order valence-corrected chi connectivity index (χ3v) is 6.23. The van der Waals surface area contributed by atoms with Gasteiger partial charge in [-0.25, -0.2) is 19.3 Å². The molecule has 3 heterocycles. The van der Waals surface area contributed by atoms with Gasteiger partial charge in [0.1, 0.15) is 5.52 Å². The highest BCUT2D eigenvalue weighted by molar-refractivity contribution is 6.31. The molecule has 2 aromatic heterocycles. The van der Waals surface area contributed by atoms with Crippen LogP contribution < -0.4 is 4.90 Å². The zero-order valence-corrected chi connectivity index (χ0v) is 18.1. The molecule has 6 nitrogen and oxygen atoms in total. The van der Waals surface area contributed by atoms with E-state index in [9.17, 15) is 4.79 Å². The quantitative estimate of drug-likeness (QED) is 0.373. The first-order valence-corrected chi connectivity index (χ1v) is 10.8. The number of aromatic nitrogens is 3. The molecule has 0 saturated carbocycles. The van der Waals surface area contributed by atoms with E-state index in [1.165, 1.54) is 0 Å². The van der Waals surface area contributed by atoms with E-state index < -0.39 is 5.82 Å². The Bertz CT molecular complexity index is 1290. The first kappa shape index (κ1) is 20.6. The van der Waals surface area contributed by atoms with Crippen LogP contribution in [-0.4, -0.2) is 33.8 Å². The lowest BCUT2D eigenvalue weighted by Crippen LogP contribution is -2.41. The Morgan fingerprint density at radius 3 is 2.78 bits per heavy atom. The lowest BCUT2D eigenvalue weighted by atomic mass is 9.92. The first-order valence-electron chi connectivity index (χ1n) is 10.4. The average molecular weight is 451 g/mol. The fourth-order valence-corrected chi connectivity index (χ4v) is 4.46. The third-order valence-electron chi connectivity index (χ3n) is 5.99. The predicted molar refractivity (Wildman–Crippen MR) is 121 cm³/mol. The van der Waals surface area contributed by atoms with Crippen molar-refractivity contribution in [3.05, 3.63) is 71.1 Å². The van der Waals surface area contributed by atoms with Gasteiger partial charge in [0.2, 0.25) is 0 Å². The number of fused-ring (bicyclic) bond motifs is 1. The van der Waals surface area contributed by atoms with E-state index in [0.29, 0.717) is 51.9 Å². The number of piperidine rings is 1.